The van der Waals surface area contributed by atoms with Gasteiger partial charge in [-0.15, -0.1) is 0 Å². The lowest BCUT2D eigenvalue weighted by Crippen LogP contribution is -2.24. The number of nitrogens with zero attached hydrogens (tertiary/aromatic N) is 3. The van der Waals surface area contributed by atoms with Crippen LogP contribution in [0.15, 0.2) is 39.6 Å². The van der Waals surface area contributed by atoms with E-state index in [-0.39, 0.29) is 5.56 Å². The lowest BCUT2D eigenvalue weighted by Gasteiger charge is -2.21. The number of benzene rings is 1. The van der Waals surface area contributed by atoms with Crippen LogP contribution in [-0.2, 0) is 17.4 Å². The lowest BCUT2D eigenvalue weighted by molar-refractivity contribution is -0.0106. The van der Waals surface area contributed by atoms with Crippen LogP contribution in [0.4, 0.5) is 0 Å². The molecule has 0 aliphatic heterocycles. The van der Waals surface area contributed by atoms with Crippen molar-refractivity contribution in [3.05, 3.63) is 46.5 Å². The minimum atomic E-state index is -0.614. The molecule has 0 amide bonds. The third-order valence-electron chi connectivity index (χ3n) is 4.39. The van der Waals surface area contributed by atoms with Crippen LogP contribution >= 0.6 is 0 Å². The molecule has 23 heavy (non-hydrogen) atoms. The molecule has 0 N–H and O–H groups in total. The molecule has 0 aliphatic rings. The molecular weight excluding hydrogens is 294 g/mol. The van der Waals surface area contributed by atoms with E-state index in [0.717, 1.165) is 5.39 Å². The predicted molar refractivity (Wildman–Crippen MR) is 87.1 cm³/mol. The zero-order valence-corrected chi connectivity index (χ0v) is 13.7. The fraction of sp³-hybridized carbons (Fsp3) is 0.353. The fourth-order valence-corrected chi connectivity index (χ4v) is 2.49. The van der Waals surface area contributed by atoms with Crippen molar-refractivity contribution in [2.75, 3.05) is 7.11 Å². The van der Waals surface area contributed by atoms with Gasteiger partial charge >= 0.3 is 0 Å². The number of aromatic nitrogens is 3. The van der Waals surface area contributed by atoms with Gasteiger partial charge in [0.1, 0.15) is 11.3 Å². The average Bonchev–Trinajstić information content (AvgIpc) is 3.08. The Morgan fingerprint density at radius 3 is 2.78 bits per heavy atom. The van der Waals surface area contributed by atoms with Crippen molar-refractivity contribution in [2.24, 2.45) is 7.05 Å². The molecule has 0 fully saturated rings. The molecule has 6 heteroatoms. The highest BCUT2D eigenvalue weighted by atomic mass is 16.5. The summed E-state index contributed by atoms with van der Waals surface area (Å²) in [6.45, 7) is 3.90. The quantitative estimate of drug-likeness (QED) is 0.740. The van der Waals surface area contributed by atoms with E-state index >= 15 is 0 Å². The molecule has 0 saturated heterocycles. The summed E-state index contributed by atoms with van der Waals surface area (Å²) in [6, 6.07) is 9.32. The first-order chi connectivity index (χ1) is 11.0. The highest BCUT2D eigenvalue weighted by Crippen LogP contribution is 2.28. The first-order valence-electron chi connectivity index (χ1n) is 7.48. The first-order valence-corrected chi connectivity index (χ1v) is 7.48. The van der Waals surface area contributed by atoms with Crippen molar-refractivity contribution in [3.63, 3.8) is 0 Å². The largest absolute Gasteiger partial charge is 0.370 e. The van der Waals surface area contributed by atoms with Gasteiger partial charge in [-0.25, -0.2) is 0 Å². The molecule has 0 aliphatic carbocycles. The molecule has 120 valence electrons. The van der Waals surface area contributed by atoms with E-state index in [2.05, 4.69) is 10.1 Å². The Bertz CT molecular complexity index is 907. The zero-order valence-electron chi connectivity index (χ0n) is 13.7. The number of rotatable bonds is 4. The molecule has 0 radical (unpaired) electrons. The Labute approximate surface area is 133 Å². The van der Waals surface area contributed by atoms with Crippen LogP contribution in [0.25, 0.3) is 22.4 Å². The minimum absolute atomic E-state index is 0.0946. The molecule has 1 atom stereocenters. The molecule has 2 heterocycles. The second-order valence-electron chi connectivity index (χ2n) is 5.69. The van der Waals surface area contributed by atoms with Gasteiger partial charge in [0.15, 0.2) is 0 Å². The van der Waals surface area contributed by atoms with E-state index in [1.54, 1.807) is 20.2 Å². The van der Waals surface area contributed by atoms with E-state index in [1.165, 1.54) is 4.57 Å². The van der Waals surface area contributed by atoms with E-state index in [0.29, 0.717) is 29.2 Å². The second kappa shape index (κ2) is 5.62. The van der Waals surface area contributed by atoms with E-state index in [9.17, 15) is 4.79 Å². The fourth-order valence-electron chi connectivity index (χ4n) is 2.49. The van der Waals surface area contributed by atoms with Crippen molar-refractivity contribution < 1.29 is 9.26 Å². The normalized spacial score (nSPS) is 14.1. The Hall–Kier alpha value is -2.47. The predicted octanol–water partition coefficient (Wildman–Crippen LogP) is 2.86. The van der Waals surface area contributed by atoms with Crippen molar-refractivity contribution in [2.45, 2.75) is 25.9 Å². The number of methoxy groups -OCH3 is 1. The molecule has 0 spiro atoms. The maximum absolute atomic E-state index is 12.5. The summed E-state index contributed by atoms with van der Waals surface area (Å²) in [5, 5.41) is 5.53. The van der Waals surface area contributed by atoms with Gasteiger partial charge in [-0.2, -0.15) is 4.98 Å². The van der Waals surface area contributed by atoms with E-state index in [4.69, 9.17) is 9.26 Å². The van der Waals surface area contributed by atoms with Gasteiger partial charge < -0.3 is 13.8 Å². The molecule has 3 aromatic rings. The van der Waals surface area contributed by atoms with Gasteiger partial charge in [0.25, 0.3) is 11.4 Å². The highest BCUT2D eigenvalue weighted by Gasteiger charge is 2.30. The van der Waals surface area contributed by atoms with Crippen LogP contribution in [-0.4, -0.2) is 21.8 Å². The second-order valence-corrected chi connectivity index (χ2v) is 5.69. The Morgan fingerprint density at radius 2 is 2.09 bits per heavy atom. The SMILES string of the molecule is CCC(C)(OC)c1noc(-c2cc3ccccc3c(=O)n2C)n1. The van der Waals surface area contributed by atoms with Gasteiger partial charge in [0, 0.05) is 19.5 Å². The molecule has 1 aromatic carbocycles. The zero-order chi connectivity index (χ0) is 16.6. The van der Waals surface area contributed by atoms with Crippen LogP contribution in [0.1, 0.15) is 26.1 Å². The number of ether oxygens (including phenoxy) is 1. The van der Waals surface area contributed by atoms with Crippen LogP contribution in [0.3, 0.4) is 0 Å². The lowest BCUT2D eigenvalue weighted by atomic mass is 10.0. The van der Waals surface area contributed by atoms with Crippen molar-refractivity contribution in [1.82, 2.24) is 14.7 Å². The maximum atomic E-state index is 12.5. The summed E-state index contributed by atoms with van der Waals surface area (Å²) < 4.78 is 12.4. The summed E-state index contributed by atoms with van der Waals surface area (Å²) >= 11 is 0. The van der Waals surface area contributed by atoms with Crippen LogP contribution in [0.2, 0.25) is 0 Å². The topological polar surface area (TPSA) is 70.2 Å². The third-order valence-corrected chi connectivity index (χ3v) is 4.39. The maximum Gasteiger partial charge on any atom is 0.274 e. The molecule has 3 rings (SSSR count). The van der Waals surface area contributed by atoms with Gasteiger partial charge in [-0.05, 0) is 30.9 Å². The Morgan fingerprint density at radius 1 is 1.35 bits per heavy atom. The number of hydrogen-bond donors (Lipinski definition) is 0. The van der Waals surface area contributed by atoms with Crippen molar-refractivity contribution in [1.29, 1.82) is 0 Å². The van der Waals surface area contributed by atoms with Gasteiger partial charge in [-0.1, -0.05) is 30.3 Å². The number of pyridine rings is 1. The molecule has 2 aromatic heterocycles. The Balaban J connectivity index is 2.17. The Kier molecular flexibility index (Phi) is 3.77. The summed E-state index contributed by atoms with van der Waals surface area (Å²) in [5.74, 6) is 0.778. The summed E-state index contributed by atoms with van der Waals surface area (Å²) in [6.07, 6.45) is 0.707. The van der Waals surface area contributed by atoms with Crippen LogP contribution < -0.4 is 5.56 Å². The van der Waals surface area contributed by atoms with Gasteiger partial charge in [0.2, 0.25) is 5.82 Å². The molecule has 1 unspecified atom stereocenters. The van der Waals surface area contributed by atoms with E-state index in [1.807, 2.05) is 38.1 Å². The standard InChI is InChI=1S/C17H19N3O3/c1-5-17(2,22-4)16-18-14(23-19-16)13-10-11-8-6-7-9-12(11)15(21)20(13)3/h6-10H,5H2,1-4H3. The van der Waals surface area contributed by atoms with Gasteiger partial charge in [0.05, 0.1) is 0 Å². The monoisotopic (exact) mass is 313 g/mol. The molecule has 6 nitrogen and oxygen atoms in total. The minimum Gasteiger partial charge on any atom is -0.370 e. The molecule has 0 bridgehead atoms. The van der Waals surface area contributed by atoms with Crippen LogP contribution in [0.5, 0.6) is 0 Å². The smallest absolute Gasteiger partial charge is 0.274 e. The van der Waals surface area contributed by atoms with Gasteiger partial charge in [-0.3, -0.25) is 4.79 Å². The molecular formula is C17H19N3O3. The summed E-state index contributed by atoms with van der Waals surface area (Å²) in [4.78, 5) is 16.9. The number of hydrogen-bond acceptors (Lipinski definition) is 5. The third kappa shape index (κ3) is 2.45. The summed E-state index contributed by atoms with van der Waals surface area (Å²) in [7, 11) is 3.31. The van der Waals surface area contributed by atoms with Crippen molar-refractivity contribution in [3.8, 4) is 11.6 Å². The number of fused-ring (bicyclic) bond motifs is 1. The first kappa shape index (κ1) is 15.4. The highest BCUT2D eigenvalue weighted by molar-refractivity contribution is 5.84. The summed E-state index contributed by atoms with van der Waals surface area (Å²) in [5.41, 5.74) is -0.123. The van der Waals surface area contributed by atoms with Crippen molar-refractivity contribution >= 4 is 10.8 Å². The van der Waals surface area contributed by atoms with E-state index < -0.39 is 5.60 Å². The molecule has 0 saturated carbocycles. The van der Waals surface area contributed by atoms with Crippen LogP contribution in [0, 0.1) is 0 Å². The average molecular weight is 313 g/mol.